The molecule has 2 unspecified atom stereocenters. The Morgan fingerprint density at radius 3 is 2.52 bits per heavy atom. The summed E-state index contributed by atoms with van der Waals surface area (Å²) < 4.78 is 13.2. The lowest BCUT2D eigenvalue weighted by atomic mass is 9.46. The highest BCUT2D eigenvalue weighted by atomic mass is 19.1. The Hall–Kier alpha value is -1.98. The number of nitrogens with zero attached hydrogens (tertiary/aromatic N) is 1. The Kier molecular flexibility index (Phi) is 3.02. The molecule has 4 saturated carbocycles. The van der Waals surface area contributed by atoms with Gasteiger partial charge in [0.15, 0.2) is 0 Å². The van der Waals surface area contributed by atoms with Crippen molar-refractivity contribution in [3.8, 4) is 0 Å². The smallest absolute Gasteiger partial charge is 0.270 e. The first-order chi connectivity index (χ1) is 10.9. The third-order valence-electron chi connectivity index (χ3n) is 5.91. The molecule has 0 aromatic carbocycles. The maximum Gasteiger partial charge on any atom is 0.270 e. The molecule has 2 amide bonds. The van der Waals surface area contributed by atoms with E-state index in [4.69, 9.17) is 5.73 Å². The fourth-order valence-corrected chi connectivity index (χ4v) is 5.54. The van der Waals surface area contributed by atoms with Crippen LogP contribution in [0.5, 0.6) is 0 Å². The minimum atomic E-state index is -0.670. The molecule has 0 saturated heterocycles. The van der Waals surface area contributed by atoms with Crippen molar-refractivity contribution in [2.75, 3.05) is 0 Å². The average Bonchev–Trinajstić information content (AvgIpc) is 2.45. The Morgan fingerprint density at radius 2 is 1.91 bits per heavy atom. The monoisotopic (exact) mass is 317 g/mol. The third kappa shape index (κ3) is 2.31. The molecule has 2 atom stereocenters. The highest BCUT2D eigenvalue weighted by Crippen LogP contribution is 2.61. The number of primary amides is 1. The van der Waals surface area contributed by atoms with Crippen LogP contribution in [-0.2, 0) is 4.79 Å². The number of carbonyl (C=O) groups excluding carboxylic acids is 2. The second-order valence-corrected chi connectivity index (χ2v) is 7.69. The van der Waals surface area contributed by atoms with Crippen LogP contribution in [0.3, 0.4) is 0 Å². The van der Waals surface area contributed by atoms with Gasteiger partial charge < -0.3 is 11.1 Å². The van der Waals surface area contributed by atoms with Crippen LogP contribution in [0.15, 0.2) is 18.2 Å². The van der Waals surface area contributed by atoms with E-state index < -0.39 is 16.9 Å². The zero-order chi connectivity index (χ0) is 16.2. The Morgan fingerprint density at radius 1 is 1.22 bits per heavy atom. The first-order valence-corrected chi connectivity index (χ1v) is 8.15. The van der Waals surface area contributed by atoms with Crippen LogP contribution in [0.2, 0.25) is 0 Å². The predicted octanol–water partition coefficient (Wildman–Crippen LogP) is 1.77. The normalized spacial score (nSPS) is 37.6. The van der Waals surface area contributed by atoms with E-state index in [2.05, 4.69) is 10.3 Å². The van der Waals surface area contributed by atoms with E-state index in [1.807, 2.05) is 0 Å². The fraction of sp³-hybridized carbons (Fsp3) is 0.588. The van der Waals surface area contributed by atoms with Crippen molar-refractivity contribution in [3.63, 3.8) is 0 Å². The molecular weight excluding hydrogens is 297 g/mol. The second-order valence-electron chi connectivity index (χ2n) is 7.69. The number of carbonyl (C=O) groups is 2. The molecule has 0 spiro atoms. The molecule has 0 radical (unpaired) electrons. The number of pyridine rings is 1. The molecule has 122 valence electrons. The molecular formula is C17H20FN3O2. The summed E-state index contributed by atoms with van der Waals surface area (Å²) in [5.41, 5.74) is 4.90. The van der Waals surface area contributed by atoms with Gasteiger partial charge in [0.25, 0.3) is 5.91 Å². The van der Waals surface area contributed by atoms with Crippen molar-refractivity contribution >= 4 is 11.8 Å². The predicted molar refractivity (Wildman–Crippen MR) is 80.7 cm³/mol. The van der Waals surface area contributed by atoms with Crippen molar-refractivity contribution in [1.82, 2.24) is 10.3 Å². The number of aromatic nitrogens is 1. The number of hydrogen-bond donors (Lipinski definition) is 2. The molecule has 23 heavy (non-hydrogen) atoms. The summed E-state index contributed by atoms with van der Waals surface area (Å²) in [5, 5.41) is 3.07. The summed E-state index contributed by atoms with van der Waals surface area (Å²) in [6.45, 7) is 0. The zero-order valence-corrected chi connectivity index (χ0v) is 12.8. The van der Waals surface area contributed by atoms with Gasteiger partial charge in [0.05, 0.1) is 5.41 Å². The molecule has 4 aliphatic rings. The number of halogens is 1. The quantitative estimate of drug-likeness (QED) is 0.833. The van der Waals surface area contributed by atoms with Crippen molar-refractivity contribution < 1.29 is 14.0 Å². The maximum absolute atomic E-state index is 13.2. The van der Waals surface area contributed by atoms with E-state index in [1.165, 1.54) is 18.2 Å². The standard InChI is InChI=1S/C17H20FN3O2/c18-13-3-1-2-12(20-13)14(22)21-17-7-10-4-11(8-17)6-16(5-10,9-17)15(19)23/h1-3,10-11H,4-9H2,(H2,19,23)(H,21,22). The van der Waals surface area contributed by atoms with Crippen LogP contribution < -0.4 is 11.1 Å². The van der Waals surface area contributed by atoms with Crippen molar-refractivity contribution in [2.24, 2.45) is 23.0 Å². The summed E-state index contributed by atoms with van der Waals surface area (Å²) in [6.07, 6.45) is 5.15. The average molecular weight is 317 g/mol. The van der Waals surface area contributed by atoms with Crippen LogP contribution in [0.4, 0.5) is 4.39 Å². The lowest BCUT2D eigenvalue weighted by molar-refractivity contribution is -0.146. The van der Waals surface area contributed by atoms with E-state index in [9.17, 15) is 14.0 Å². The van der Waals surface area contributed by atoms with E-state index in [1.54, 1.807) is 0 Å². The summed E-state index contributed by atoms with van der Waals surface area (Å²) in [7, 11) is 0. The topological polar surface area (TPSA) is 85.1 Å². The summed E-state index contributed by atoms with van der Waals surface area (Å²) in [6, 6.07) is 4.19. The van der Waals surface area contributed by atoms with E-state index in [0.29, 0.717) is 18.3 Å². The number of amides is 2. The van der Waals surface area contributed by atoms with Crippen LogP contribution in [0.25, 0.3) is 0 Å². The first kappa shape index (κ1) is 14.6. The first-order valence-electron chi connectivity index (χ1n) is 8.15. The van der Waals surface area contributed by atoms with Gasteiger partial charge in [-0.25, -0.2) is 4.98 Å². The zero-order valence-electron chi connectivity index (χ0n) is 12.8. The second kappa shape index (κ2) is 4.76. The molecule has 5 nitrogen and oxygen atoms in total. The van der Waals surface area contributed by atoms with Crippen LogP contribution in [0.1, 0.15) is 49.0 Å². The number of nitrogens with two attached hydrogens (primary N) is 1. The van der Waals surface area contributed by atoms with Crippen molar-refractivity contribution in [3.05, 3.63) is 29.8 Å². The molecule has 6 heteroatoms. The van der Waals surface area contributed by atoms with E-state index >= 15 is 0 Å². The largest absolute Gasteiger partial charge is 0.369 e. The van der Waals surface area contributed by atoms with Crippen LogP contribution >= 0.6 is 0 Å². The SMILES string of the molecule is NC(=O)C12CC3CC(CC(NC(=O)c4cccc(F)n4)(C3)C1)C2. The Labute approximate surface area is 133 Å². The molecule has 3 N–H and O–H groups in total. The maximum atomic E-state index is 13.2. The highest BCUT2D eigenvalue weighted by molar-refractivity contribution is 5.93. The van der Waals surface area contributed by atoms with Gasteiger partial charge in [-0.1, -0.05) is 6.07 Å². The van der Waals surface area contributed by atoms with Gasteiger partial charge >= 0.3 is 0 Å². The summed E-state index contributed by atoms with van der Waals surface area (Å²) in [5.74, 6) is -0.411. The molecule has 1 heterocycles. The highest BCUT2D eigenvalue weighted by Gasteiger charge is 2.60. The van der Waals surface area contributed by atoms with Crippen LogP contribution in [0, 0.1) is 23.2 Å². The number of hydrogen-bond acceptors (Lipinski definition) is 3. The van der Waals surface area contributed by atoms with Crippen molar-refractivity contribution in [2.45, 2.75) is 44.1 Å². The minimum absolute atomic E-state index is 0.0777. The van der Waals surface area contributed by atoms with Gasteiger partial charge in [-0.3, -0.25) is 9.59 Å². The summed E-state index contributed by atoms with van der Waals surface area (Å²) >= 11 is 0. The van der Waals surface area contributed by atoms with Gasteiger partial charge in [0, 0.05) is 5.54 Å². The molecule has 1 aromatic rings. The third-order valence-corrected chi connectivity index (χ3v) is 5.91. The lowest BCUT2D eigenvalue weighted by Gasteiger charge is -2.61. The molecule has 4 fully saturated rings. The minimum Gasteiger partial charge on any atom is -0.369 e. The lowest BCUT2D eigenvalue weighted by Crippen LogP contribution is -2.65. The molecule has 1 aromatic heterocycles. The fourth-order valence-electron chi connectivity index (χ4n) is 5.54. The van der Waals surface area contributed by atoms with Crippen molar-refractivity contribution in [1.29, 1.82) is 0 Å². The molecule has 5 rings (SSSR count). The van der Waals surface area contributed by atoms with Gasteiger partial charge in [-0.15, -0.1) is 0 Å². The van der Waals surface area contributed by atoms with E-state index in [-0.39, 0.29) is 17.5 Å². The summed E-state index contributed by atoms with van der Waals surface area (Å²) in [4.78, 5) is 28.2. The number of rotatable bonds is 3. The molecule has 4 bridgehead atoms. The Bertz CT molecular complexity index is 676. The van der Waals surface area contributed by atoms with Gasteiger partial charge in [0.2, 0.25) is 11.9 Å². The van der Waals surface area contributed by atoms with Gasteiger partial charge in [-0.05, 0) is 62.5 Å². The van der Waals surface area contributed by atoms with Gasteiger partial charge in [-0.2, -0.15) is 4.39 Å². The van der Waals surface area contributed by atoms with E-state index in [0.717, 1.165) is 32.1 Å². The number of nitrogens with one attached hydrogen (secondary N) is 1. The molecule has 0 aliphatic heterocycles. The Balaban J connectivity index is 1.61. The molecule has 4 aliphatic carbocycles. The van der Waals surface area contributed by atoms with Crippen LogP contribution in [-0.4, -0.2) is 22.3 Å². The van der Waals surface area contributed by atoms with Gasteiger partial charge in [0.1, 0.15) is 5.69 Å².